The molecule has 14 heavy (non-hydrogen) atoms. The van der Waals surface area contributed by atoms with Crippen LogP contribution >= 0.6 is 0 Å². The number of β-amino-alcohol motifs (C(OH)–C–C–N with tert-alkyl or cyclic N) is 1. The van der Waals surface area contributed by atoms with E-state index in [-0.39, 0.29) is 17.2 Å². The van der Waals surface area contributed by atoms with Gasteiger partial charge in [-0.25, -0.2) is 0 Å². The number of aliphatic hydroxyl groups is 1. The lowest BCUT2D eigenvalue weighted by Crippen LogP contribution is -2.70. The van der Waals surface area contributed by atoms with Crippen molar-refractivity contribution in [3.8, 4) is 0 Å². The van der Waals surface area contributed by atoms with Crippen LogP contribution in [0.4, 0.5) is 0 Å². The van der Waals surface area contributed by atoms with Gasteiger partial charge in [0.1, 0.15) is 0 Å². The van der Waals surface area contributed by atoms with Crippen molar-refractivity contribution < 1.29 is 5.11 Å². The molecule has 2 heterocycles. The molecule has 0 aliphatic carbocycles. The molecule has 0 amide bonds. The first-order valence-corrected chi connectivity index (χ1v) is 5.48. The molecule has 2 aliphatic heterocycles. The third-order valence-corrected chi connectivity index (χ3v) is 3.83. The summed E-state index contributed by atoms with van der Waals surface area (Å²) in [7, 11) is 2.14. The van der Waals surface area contributed by atoms with Gasteiger partial charge in [0.05, 0.1) is 6.10 Å². The van der Waals surface area contributed by atoms with Crippen LogP contribution in [0, 0.1) is 0 Å². The zero-order chi connectivity index (χ0) is 10.6. The second-order valence-electron chi connectivity index (χ2n) is 5.99. The lowest BCUT2D eigenvalue weighted by atomic mass is 9.83. The molecule has 2 fully saturated rings. The average Bonchev–Trinajstić information content (AvgIpc) is 2.19. The van der Waals surface area contributed by atoms with Gasteiger partial charge in [-0.1, -0.05) is 0 Å². The van der Waals surface area contributed by atoms with E-state index >= 15 is 0 Å². The summed E-state index contributed by atoms with van der Waals surface area (Å²) >= 11 is 0. The standard InChI is InChI=1S/C11H22N2O/c1-10(2,3)13-7-11(8-13)5-9(14)6-12(11)4/h9,14H,5-8H2,1-4H3. The third kappa shape index (κ3) is 1.47. The van der Waals surface area contributed by atoms with Crippen LogP contribution in [-0.4, -0.2) is 58.8 Å². The predicted octanol–water partition coefficient (Wildman–Crippen LogP) is 0.536. The van der Waals surface area contributed by atoms with Crippen LogP contribution < -0.4 is 0 Å². The fraction of sp³-hybridized carbons (Fsp3) is 1.00. The van der Waals surface area contributed by atoms with E-state index < -0.39 is 0 Å². The fourth-order valence-electron chi connectivity index (χ4n) is 2.68. The van der Waals surface area contributed by atoms with Crippen LogP contribution in [0.25, 0.3) is 0 Å². The van der Waals surface area contributed by atoms with Gasteiger partial charge in [-0.15, -0.1) is 0 Å². The topological polar surface area (TPSA) is 26.7 Å². The lowest BCUT2D eigenvalue weighted by molar-refractivity contribution is -0.0671. The molecule has 2 aliphatic rings. The van der Waals surface area contributed by atoms with Gasteiger partial charge in [0.15, 0.2) is 0 Å². The van der Waals surface area contributed by atoms with Crippen molar-refractivity contribution in [1.82, 2.24) is 9.80 Å². The maximum atomic E-state index is 9.63. The van der Waals surface area contributed by atoms with Crippen molar-refractivity contribution in [2.24, 2.45) is 0 Å². The Labute approximate surface area is 86.7 Å². The van der Waals surface area contributed by atoms with Crippen LogP contribution in [-0.2, 0) is 0 Å². The molecule has 0 aromatic carbocycles. The number of hydrogen-bond donors (Lipinski definition) is 1. The van der Waals surface area contributed by atoms with Gasteiger partial charge in [0.2, 0.25) is 0 Å². The number of nitrogens with zero attached hydrogens (tertiary/aromatic N) is 2. The minimum atomic E-state index is -0.109. The Morgan fingerprint density at radius 3 is 2.21 bits per heavy atom. The van der Waals surface area contributed by atoms with Crippen LogP contribution in [0.1, 0.15) is 27.2 Å². The molecule has 1 spiro atoms. The second kappa shape index (κ2) is 2.94. The first kappa shape index (κ1) is 10.4. The SMILES string of the molecule is CN1CC(O)CC12CN(C(C)(C)C)C2. The Morgan fingerprint density at radius 2 is 1.86 bits per heavy atom. The highest BCUT2D eigenvalue weighted by molar-refractivity contribution is 5.11. The first-order chi connectivity index (χ1) is 6.33. The van der Waals surface area contributed by atoms with Crippen molar-refractivity contribution in [2.75, 3.05) is 26.7 Å². The maximum absolute atomic E-state index is 9.63. The minimum absolute atomic E-state index is 0.109. The van der Waals surface area contributed by atoms with Crippen molar-refractivity contribution in [2.45, 2.75) is 44.4 Å². The Balaban J connectivity index is 1.98. The van der Waals surface area contributed by atoms with E-state index in [1.165, 1.54) is 0 Å². The summed E-state index contributed by atoms with van der Waals surface area (Å²) in [4.78, 5) is 4.82. The second-order valence-corrected chi connectivity index (χ2v) is 5.99. The molecular weight excluding hydrogens is 176 g/mol. The fourth-order valence-corrected chi connectivity index (χ4v) is 2.68. The summed E-state index contributed by atoms with van der Waals surface area (Å²) < 4.78 is 0. The maximum Gasteiger partial charge on any atom is 0.0685 e. The van der Waals surface area contributed by atoms with Gasteiger partial charge in [-0.05, 0) is 34.2 Å². The summed E-state index contributed by atoms with van der Waals surface area (Å²) in [6.07, 6.45) is 0.845. The van der Waals surface area contributed by atoms with E-state index in [1.54, 1.807) is 0 Å². The molecule has 2 saturated heterocycles. The van der Waals surface area contributed by atoms with Crippen molar-refractivity contribution >= 4 is 0 Å². The largest absolute Gasteiger partial charge is 0.392 e. The van der Waals surface area contributed by atoms with E-state index in [1.807, 2.05) is 0 Å². The zero-order valence-corrected chi connectivity index (χ0v) is 9.75. The van der Waals surface area contributed by atoms with Gasteiger partial charge in [-0.2, -0.15) is 0 Å². The number of aliphatic hydroxyl groups excluding tert-OH is 1. The highest BCUT2D eigenvalue weighted by atomic mass is 16.3. The molecule has 3 nitrogen and oxygen atoms in total. The summed E-state index contributed by atoms with van der Waals surface area (Å²) in [5, 5.41) is 9.63. The quantitative estimate of drug-likeness (QED) is 0.615. The van der Waals surface area contributed by atoms with Crippen molar-refractivity contribution in [3.63, 3.8) is 0 Å². The third-order valence-electron chi connectivity index (χ3n) is 3.83. The lowest BCUT2D eigenvalue weighted by Gasteiger charge is -2.57. The Bertz CT molecular complexity index is 228. The molecule has 1 unspecified atom stereocenters. The normalized spacial score (nSPS) is 33.6. The van der Waals surface area contributed by atoms with Crippen LogP contribution in [0.3, 0.4) is 0 Å². The Kier molecular flexibility index (Phi) is 2.18. The van der Waals surface area contributed by atoms with Gasteiger partial charge < -0.3 is 5.11 Å². The molecule has 3 heteroatoms. The molecule has 0 bridgehead atoms. The average molecular weight is 198 g/mol. The highest BCUT2D eigenvalue weighted by Gasteiger charge is 2.53. The van der Waals surface area contributed by atoms with Gasteiger partial charge in [0, 0.05) is 30.7 Å². The van der Waals surface area contributed by atoms with E-state index in [2.05, 4.69) is 37.6 Å². The van der Waals surface area contributed by atoms with Crippen LogP contribution in [0.15, 0.2) is 0 Å². The Morgan fingerprint density at radius 1 is 1.29 bits per heavy atom. The number of likely N-dealkylation sites (tertiary alicyclic amines) is 2. The van der Waals surface area contributed by atoms with Gasteiger partial charge >= 0.3 is 0 Å². The molecule has 0 aromatic heterocycles. The number of rotatable bonds is 0. The van der Waals surface area contributed by atoms with Gasteiger partial charge in [0.25, 0.3) is 0 Å². The van der Waals surface area contributed by atoms with Crippen molar-refractivity contribution in [1.29, 1.82) is 0 Å². The van der Waals surface area contributed by atoms with Crippen LogP contribution in [0.5, 0.6) is 0 Å². The zero-order valence-electron chi connectivity index (χ0n) is 9.75. The first-order valence-electron chi connectivity index (χ1n) is 5.48. The van der Waals surface area contributed by atoms with E-state index in [0.717, 1.165) is 26.1 Å². The monoisotopic (exact) mass is 198 g/mol. The van der Waals surface area contributed by atoms with E-state index in [4.69, 9.17) is 0 Å². The molecule has 0 radical (unpaired) electrons. The molecule has 1 N–H and O–H groups in total. The minimum Gasteiger partial charge on any atom is -0.392 e. The molecule has 2 rings (SSSR count). The Hall–Kier alpha value is -0.120. The smallest absolute Gasteiger partial charge is 0.0685 e. The molecule has 0 aromatic rings. The molecule has 0 saturated carbocycles. The number of likely N-dealkylation sites (N-methyl/N-ethyl adjacent to an activating group) is 1. The van der Waals surface area contributed by atoms with Crippen LogP contribution in [0.2, 0.25) is 0 Å². The summed E-state index contributed by atoms with van der Waals surface area (Å²) in [6.45, 7) is 9.84. The summed E-state index contributed by atoms with van der Waals surface area (Å²) in [5.74, 6) is 0. The van der Waals surface area contributed by atoms with E-state index in [0.29, 0.717) is 0 Å². The van der Waals surface area contributed by atoms with E-state index in [9.17, 15) is 5.11 Å². The molecule has 1 atom stereocenters. The van der Waals surface area contributed by atoms with Gasteiger partial charge in [-0.3, -0.25) is 9.80 Å². The summed E-state index contributed by atoms with van der Waals surface area (Å²) in [6, 6.07) is 0. The predicted molar refractivity (Wildman–Crippen MR) is 57.3 cm³/mol. The summed E-state index contributed by atoms with van der Waals surface area (Å²) in [5.41, 5.74) is 0.562. The molecule has 82 valence electrons. The van der Waals surface area contributed by atoms with Crippen molar-refractivity contribution in [3.05, 3.63) is 0 Å². The molecular formula is C11H22N2O. The highest BCUT2D eigenvalue weighted by Crippen LogP contribution is 2.39. The number of hydrogen-bond acceptors (Lipinski definition) is 3.